The average molecular weight is 209 g/mol. The summed E-state index contributed by atoms with van der Waals surface area (Å²) in [5, 5.41) is 4.03. The van der Waals surface area contributed by atoms with E-state index in [1.807, 2.05) is 0 Å². The molecule has 1 atom stereocenters. The molecule has 0 bridgehead atoms. The SMILES string of the molecule is CCCc1nc(C(N)(CC)C2CC2)no1. The van der Waals surface area contributed by atoms with E-state index >= 15 is 0 Å². The second-order valence-corrected chi connectivity index (χ2v) is 4.43. The molecule has 0 amide bonds. The average Bonchev–Trinajstić information content (AvgIpc) is 2.99. The van der Waals surface area contributed by atoms with Gasteiger partial charge in [0.1, 0.15) is 0 Å². The summed E-state index contributed by atoms with van der Waals surface area (Å²) in [4.78, 5) is 4.40. The Labute approximate surface area is 90.2 Å². The van der Waals surface area contributed by atoms with E-state index in [1.165, 1.54) is 12.8 Å². The zero-order valence-corrected chi connectivity index (χ0v) is 9.49. The Morgan fingerprint density at radius 1 is 1.47 bits per heavy atom. The van der Waals surface area contributed by atoms with E-state index < -0.39 is 0 Å². The molecule has 1 aromatic heterocycles. The zero-order chi connectivity index (χ0) is 10.9. The first-order valence-electron chi connectivity index (χ1n) is 5.82. The minimum atomic E-state index is -0.352. The molecule has 1 aromatic rings. The first kappa shape index (κ1) is 10.6. The normalized spacial score (nSPS) is 20.2. The van der Waals surface area contributed by atoms with Crippen molar-refractivity contribution in [1.82, 2.24) is 10.1 Å². The fraction of sp³-hybridized carbons (Fsp3) is 0.818. The molecule has 1 unspecified atom stereocenters. The summed E-state index contributed by atoms with van der Waals surface area (Å²) in [6.45, 7) is 4.19. The summed E-state index contributed by atoms with van der Waals surface area (Å²) in [6.07, 6.45) is 5.14. The van der Waals surface area contributed by atoms with Crippen molar-refractivity contribution in [3.63, 3.8) is 0 Å². The van der Waals surface area contributed by atoms with Gasteiger partial charge in [0, 0.05) is 6.42 Å². The number of nitrogens with two attached hydrogens (primary N) is 1. The van der Waals surface area contributed by atoms with Crippen LogP contribution in [-0.2, 0) is 12.0 Å². The molecule has 0 aromatic carbocycles. The van der Waals surface area contributed by atoms with Gasteiger partial charge in [-0.1, -0.05) is 19.0 Å². The van der Waals surface area contributed by atoms with Crippen LogP contribution in [0.4, 0.5) is 0 Å². The Kier molecular flexibility index (Phi) is 2.78. The van der Waals surface area contributed by atoms with Gasteiger partial charge < -0.3 is 10.3 Å². The Bertz CT molecular complexity index is 332. The van der Waals surface area contributed by atoms with Crippen molar-refractivity contribution in [2.75, 3.05) is 0 Å². The van der Waals surface area contributed by atoms with Gasteiger partial charge in [-0.05, 0) is 31.6 Å². The summed E-state index contributed by atoms with van der Waals surface area (Å²) >= 11 is 0. The molecule has 0 spiro atoms. The van der Waals surface area contributed by atoms with Gasteiger partial charge in [0.15, 0.2) is 5.82 Å². The zero-order valence-electron chi connectivity index (χ0n) is 9.49. The van der Waals surface area contributed by atoms with Gasteiger partial charge >= 0.3 is 0 Å². The third-order valence-corrected chi connectivity index (χ3v) is 3.24. The largest absolute Gasteiger partial charge is 0.339 e. The van der Waals surface area contributed by atoms with Crippen molar-refractivity contribution in [2.45, 2.75) is 51.5 Å². The quantitative estimate of drug-likeness (QED) is 0.805. The standard InChI is InChI=1S/C11H19N3O/c1-3-5-9-13-10(14-15-9)11(12,4-2)8-6-7-8/h8H,3-7,12H2,1-2H3. The maximum Gasteiger partial charge on any atom is 0.226 e. The third-order valence-electron chi connectivity index (χ3n) is 3.24. The Morgan fingerprint density at radius 3 is 2.73 bits per heavy atom. The number of rotatable bonds is 5. The predicted molar refractivity (Wildman–Crippen MR) is 57.2 cm³/mol. The van der Waals surface area contributed by atoms with Crippen LogP contribution < -0.4 is 5.73 Å². The molecule has 84 valence electrons. The predicted octanol–water partition coefficient (Wildman–Crippen LogP) is 2.00. The van der Waals surface area contributed by atoms with Gasteiger partial charge in [-0.25, -0.2) is 0 Å². The lowest BCUT2D eigenvalue weighted by Gasteiger charge is -2.23. The van der Waals surface area contributed by atoms with E-state index in [-0.39, 0.29) is 5.54 Å². The Morgan fingerprint density at radius 2 is 2.20 bits per heavy atom. The van der Waals surface area contributed by atoms with Crippen LogP contribution in [0, 0.1) is 5.92 Å². The molecule has 15 heavy (non-hydrogen) atoms. The fourth-order valence-corrected chi connectivity index (χ4v) is 1.99. The number of hydrogen-bond donors (Lipinski definition) is 1. The second kappa shape index (κ2) is 3.93. The number of hydrogen-bond acceptors (Lipinski definition) is 4. The van der Waals surface area contributed by atoms with E-state index in [4.69, 9.17) is 10.3 Å². The molecule has 2 N–H and O–H groups in total. The highest BCUT2D eigenvalue weighted by molar-refractivity contribution is 5.10. The van der Waals surface area contributed by atoms with Crippen LogP contribution in [0.25, 0.3) is 0 Å². The van der Waals surface area contributed by atoms with Crippen LogP contribution in [0.2, 0.25) is 0 Å². The molecule has 4 heteroatoms. The highest BCUT2D eigenvalue weighted by atomic mass is 16.5. The van der Waals surface area contributed by atoms with Crippen molar-refractivity contribution >= 4 is 0 Å². The van der Waals surface area contributed by atoms with Gasteiger partial charge in [0.05, 0.1) is 5.54 Å². The summed E-state index contributed by atoms with van der Waals surface area (Å²) in [6, 6.07) is 0. The Hall–Kier alpha value is -0.900. The van der Waals surface area contributed by atoms with Crippen LogP contribution in [0.3, 0.4) is 0 Å². The molecule has 1 saturated carbocycles. The molecule has 1 aliphatic carbocycles. The van der Waals surface area contributed by atoms with Gasteiger partial charge in [0.2, 0.25) is 5.89 Å². The first-order chi connectivity index (χ1) is 7.20. The lowest BCUT2D eigenvalue weighted by Crippen LogP contribution is -2.39. The minimum Gasteiger partial charge on any atom is -0.339 e. The highest BCUT2D eigenvalue weighted by Crippen LogP contribution is 2.44. The number of nitrogens with zero attached hydrogens (tertiary/aromatic N) is 2. The van der Waals surface area contributed by atoms with E-state index in [1.54, 1.807) is 0 Å². The maximum absolute atomic E-state index is 6.35. The number of aryl methyl sites for hydroxylation is 1. The molecule has 1 fully saturated rings. The van der Waals surface area contributed by atoms with Crippen LogP contribution >= 0.6 is 0 Å². The van der Waals surface area contributed by atoms with Crippen molar-refractivity contribution in [2.24, 2.45) is 11.7 Å². The van der Waals surface area contributed by atoms with Crippen molar-refractivity contribution < 1.29 is 4.52 Å². The van der Waals surface area contributed by atoms with Gasteiger partial charge in [-0.3, -0.25) is 0 Å². The van der Waals surface area contributed by atoms with Gasteiger partial charge in [0.25, 0.3) is 0 Å². The lowest BCUT2D eigenvalue weighted by molar-refractivity contribution is 0.315. The summed E-state index contributed by atoms with van der Waals surface area (Å²) in [7, 11) is 0. The fourth-order valence-electron chi connectivity index (χ4n) is 1.99. The van der Waals surface area contributed by atoms with Crippen LogP contribution in [0.15, 0.2) is 4.52 Å². The van der Waals surface area contributed by atoms with E-state index in [2.05, 4.69) is 24.0 Å². The molecule has 2 rings (SSSR count). The van der Waals surface area contributed by atoms with Gasteiger partial charge in [-0.2, -0.15) is 4.98 Å². The molecule has 0 radical (unpaired) electrons. The van der Waals surface area contributed by atoms with Crippen molar-refractivity contribution in [3.8, 4) is 0 Å². The summed E-state index contributed by atoms with van der Waals surface area (Å²) in [5.41, 5.74) is 6.00. The summed E-state index contributed by atoms with van der Waals surface area (Å²) < 4.78 is 5.19. The Balaban J connectivity index is 2.18. The van der Waals surface area contributed by atoms with Crippen molar-refractivity contribution in [3.05, 3.63) is 11.7 Å². The second-order valence-electron chi connectivity index (χ2n) is 4.43. The molecule has 4 nitrogen and oxygen atoms in total. The van der Waals surface area contributed by atoms with E-state index in [0.29, 0.717) is 11.7 Å². The smallest absolute Gasteiger partial charge is 0.226 e. The van der Waals surface area contributed by atoms with Crippen LogP contribution in [-0.4, -0.2) is 10.1 Å². The van der Waals surface area contributed by atoms with E-state index in [0.717, 1.165) is 25.2 Å². The molecule has 0 aliphatic heterocycles. The minimum absolute atomic E-state index is 0.352. The molecule has 1 aliphatic rings. The molecule has 1 heterocycles. The topological polar surface area (TPSA) is 64.9 Å². The van der Waals surface area contributed by atoms with Crippen LogP contribution in [0.1, 0.15) is 51.2 Å². The molecule has 0 saturated heterocycles. The van der Waals surface area contributed by atoms with Gasteiger partial charge in [-0.15, -0.1) is 0 Å². The third kappa shape index (κ3) is 1.91. The molecular formula is C11H19N3O. The number of aromatic nitrogens is 2. The lowest BCUT2D eigenvalue weighted by atomic mass is 9.90. The van der Waals surface area contributed by atoms with E-state index in [9.17, 15) is 0 Å². The summed E-state index contributed by atoms with van der Waals surface area (Å²) in [5.74, 6) is 1.97. The van der Waals surface area contributed by atoms with Crippen LogP contribution in [0.5, 0.6) is 0 Å². The first-order valence-corrected chi connectivity index (χ1v) is 5.82. The monoisotopic (exact) mass is 209 g/mol. The molecular weight excluding hydrogens is 190 g/mol. The highest BCUT2D eigenvalue weighted by Gasteiger charge is 2.45. The van der Waals surface area contributed by atoms with Crippen molar-refractivity contribution in [1.29, 1.82) is 0 Å². The maximum atomic E-state index is 6.35.